The number of imidazole rings is 1. The molecule has 176 valence electrons. The molecule has 0 aliphatic carbocycles. The highest BCUT2D eigenvalue weighted by Gasteiger charge is 2.23. The van der Waals surface area contributed by atoms with Crippen LogP contribution in [0, 0.1) is 11.7 Å². The van der Waals surface area contributed by atoms with Crippen LogP contribution in [0.4, 0.5) is 4.39 Å². The molecule has 4 aromatic rings. The first-order valence-electron chi connectivity index (χ1n) is 11.8. The number of rotatable bonds is 7. The summed E-state index contributed by atoms with van der Waals surface area (Å²) in [4.78, 5) is 7.52. The predicted molar refractivity (Wildman–Crippen MR) is 135 cm³/mol. The molecule has 0 spiro atoms. The zero-order valence-corrected chi connectivity index (χ0v) is 20.1. The Labute approximate surface area is 204 Å². The molecule has 5 rings (SSSR count). The molecule has 0 radical (unpaired) electrons. The fourth-order valence-corrected chi connectivity index (χ4v) is 5.12. The molecule has 0 bridgehead atoms. The molecule has 0 amide bonds. The number of hydrogen-bond donors (Lipinski definition) is 0. The van der Waals surface area contributed by atoms with Crippen molar-refractivity contribution >= 4 is 22.6 Å². The van der Waals surface area contributed by atoms with Crippen LogP contribution in [0.1, 0.15) is 29.8 Å². The monoisotopic (exact) mass is 477 g/mol. The number of ether oxygens (including phenoxy) is 1. The van der Waals surface area contributed by atoms with Crippen molar-refractivity contribution in [2.75, 3.05) is 20.2 Å². The highest BCUT2D eigenvalue weighted by Crippen LogP contribution is 2.32. The van der Waals surface area contributed by atoms with Gasteiger partial charge in [-0.15, -0.1) is 0 Å². The topological polar surface area (TPSA) is 30.3 Å². The summed E-state index contributed by atoms with van der Waals surface area (Å²) in [5, 5.41) is 0.558. The van der Waals surface area contributed by atoms with Gasteiger partial charge in [-0.05, 0) is 61.2 Å². The van der Waals surface area contributed by atoms with Gasteiger partial charge in [-0.25, -0.2) is 9.37 Å². The van der Waals surface area contributed by atoms with E-state index in [-0.39, 0.29) is 5.82 Å². The standard InChI is InChI=1S/C28H29ClFN3O/c1-34-27-17-26-25(16-24(27)29)31-28(33(26)19-22-7-9-23(30)10-8-22)15-20-11-13-32(14-12-20)18-21-5-3-2-4-6-21/h2-10,16-17,20H,11-15,18-19H2,1H3. The van der Waals surface area contributed by atoms with Crippen molar-refractivity contribution in [1.82, 2.24) is 14.5 Å². The average Bonchev–Trinajstić information content (AvgIpc) is 3.17. The second-order valence-corrected chi connectivity index (χ2v) is 9.53. The van der Waals surface area contributed by atoms with Crippen LogP contribution in [-0.4, -0.2) is 34.7 Å². The molecule has 0 atom stereocenters. The maximum Gasteiger partial charge on any atom is 0.139 e. The van der Waals surface area contributed by atoms with Crippen LogP contribution < -0.4 is 4.74 Å². The van der Waals surface area contributed by atoms with Crippen molar-refractivity contribution in [3.63, 3.8) is 0 Å². The van der Waals surface area contributed by atoms with Gasteiger partial charge in [-0.1, -0.05) is 54.1 Å². The van der Waals surface area contributed by atoms with Crippen LogP contribution in [-0.2, 0) is 19.5 Å². The summed E-state index contributed by atoms with van der Waals surface area (Å²) in [5.74, 6) is 2.03. The first-order valence-corrected chi connectivity index (χ1v) is 12.2. The molecule has 3 aromatic carbocycles. The molecule has 1 aliphatic rings. The van der Waals surface area contributed by atoms with Crippen LogP contribution in [0.25, 0.3) is 11.0 Å². The Bertz CT molecular complexity index is 1250. The van der Waals surface area contributed by atoms with Gasteiger partial charge in [0.25, 0.3) is 0 Å². The number of halogens is 2. The van der Waals surface area contributed by atoms with Crippen LogP contribution in [0.3, 0.4) is 0 Å². The molecule has 4 nitrogen and oxygen atoms in total. The van der Waals surface area contributed by atoms with Gasteiger partial charge >= 0.3 is 0 Å². The van der Waals surface area contributed by atoms with E-state index in [9.17, 15) is 4.39 Å². The van der Waals surface area contributed by atoms with Gasteiger partial charge in [-0.2, -0.15) is 0 Å². The number of aromatic nitrogens is 2. The molecule has 0 unspecified atom stereocenters. The van der Waals surface area contributed by atoms with Gasteiger partial charge in [0.05, 0.1) is 23.2 Å². The molecule has 1 saturated heterocycles. The summed E-state index contributed by atoms with van der Waals surface area (Å²) >= 11 is 6.40. The van der Waals surface area contributed by atoms with E-state index < -0.39 is 0 Å². The summed E-state index contributed by atoms with van der Waals surface area (Å²) < 4.78 is 21.2. The summed E-state index contributed by atoms with van der Waals surface area (Å²) in [6.07, 6.45) is 3.21. The maximum absolute atomic E-state index is 13.5. The Morgan fingerprint density at radius 3 is 2.38 bits per heavy atom. The highest BCUT2D eigenvalue weighted by molar-refractivity contribution is 6.32. The molecule has 1 aliphatic heterocycles. The van der Waals surface area contributed by atoms with Crippen molar-refractivity contribution in [3.05, 3.63) is 94.5 Å². The Morgan fingerprint density at radius 2 is 1.68 bits per heavy atom. The van der Waals surface area contributed by atoms with Crippen molar-refractivity contribution in [2.24, 2.45) is 5.92 Å². The summed E-state index contributed by atoms with van der Waals surface area (Å²) in [7, 11) is 1.62. The van der Waals surface area contributed by atoms with Gasteiger partial charge in [0.2, 0.25) is 0 Å². The third-order valence-electron chi connectivity index (χ3n) is 6.78. The molecule has 0 N–H and O–H groups in total. The normalized spacial score (nSPS) is 15.1. The first kappa shape index (κ1) is 22.9. The third kappa shape index (κ3) is 5.11. The molecular formula is C28H29ClFN3O. The van der Waals surface area contributed by atoms with E-state index >= 15 is 0 Å². The molecule has 2 heterocycles. The number of nitrogens with zero attached hydrogens (tertiary/aromatic N) is 3. The average molecular weight is 478 g/mol. The third-order valence-corrected chi connectivity index (χ3v) is 7.08. The second kappa shape index (κ2) is 10.2. The van der Waals surface area contributed by atoms with Gasteiger partial charge in [0.1, 0.15) is 17.4 Å². The number of fused-ring (bicyclic) bond motifs is 1. The van der Waals surface area contributed by atoms with E-state index in [4.69, 9.17) is 21.3 Å². The number of likely N-dealkylation sites (tertiary alicyclic amines) is 1. The van der Waals surface area contributed by atoms with E-state index in [2.05, 4.69) is 39.8 Å². The van der Waals surface area contributed by atoms with Crippen molar-refractivity contribution < 1.29 is 9.13 Å². The van der Waals surface area contributed by atoms with E-state index in [0.29, 0.717) is 23.2 Å². The summed E-state index contributed by atoms with van der Waals surface area (Å²) in [6.45, 7) is 3.83. The van der Waals surface area contributed by atoms with E-state index in [1.165, 1.54) is 17.7 Å². The smallest absolute Gasteiger partial charge is 0.139 e. The van der Waals surface area contributed by atoms with Gasteiger partial charge in [0, 0.05) is 25.6 Å². The zero-order chi connectivity index (χ0) is 23.5. The minimum Gasteiger partial charge on any atom is -0.495 e. The van der Waals surface area contributed by atoms with Gasteiger partial charge < -0.3 is 9.30 Å². The van der Waals surface area contributed by atoms with E-state index in [1.807, 2.05) is 24.3 Å². The Kier molecular flexibility index (Phi) is 6.84. The Morgan fingerprint density at radius 1 is 0.971 bits per heavy atom. The van der Waals surface area contributed by atoms with E-state index in [1.54, 1.807) is 7.11 Å². The molecule has 34 heavy (non-hydrogen) atoms. The van der Waals surface area contributed by atoms with Crippen LogP contribution in [0.15, 0.2) is 66.7 Å². The molecular weight excluding hydrogens is 449 g/mol. The number of piperidine rings is 1. The summed E-state index contributed by atoms with van der Waals surface area (Å²) in [5.41, 5.74) is 4.26. The highest BCUT2D eigenvalue weighted by atomic mass is 35.5. The molecule has 1 fully saturated rings. The lowest BCUT2D eigenvalue weighted by molar-refractivity contribution is 0.175. The molecule has 1 aromatic heterocycles. The summed E-state index contributed by atoms with van der Waals surface area (Å²) in [6, 6.07) is 21.2. The predicted octanol–water partition coefficient (Wildman–Crippen LogP) is 6.34. The zero-order valence-electron chi connectivity index (χ0n) is 19.4. The second-order valence-electron chi connectivity index (χ2n) is 9.13. The SMILES string of the molecule is COc1cc2c(cc1Cl)nc(CC1CCN(Cc3ccccc3)CC1)n2Cc1ccc(F)cc1. The van der Waals surface area contributed by atoms with Crippen LogP contribution in [0.5, 0.6) is 5.75 Å². The van der Waals surface area contributed by atoms with Crippen LogP contribution >= 0.6 is 11.6 Å². The largest absolute Gasteiger partial charge is 0.495 e. The fourth-order valence-electron chi connectivity index (χ4n) is 4.89. The Balaban J connectivity index is 1.36. The minimum atomic E-state index is -0.227. The number of benzene rings is 3. The van der Waals surface area contributed by atoms with Crippen molar-refractivity contribution in [3.8, 4) is 5.75 Å². The lowest BCUT2D eigenvalue weighted by atomic mass is 9.93. The Hall–Kier alpha value is -2.89. The van der Waals surface area contributed by atoms with E-state index in [0.717, 1.165) is 61.3 Å². The minimum absolute atomic E-state index is 0.227. The van der Waals surface area contributed by atoms with Crippen molar-refractivity contribution in [1.29, 1.82) is 0 Å². The van der Waals surface area contributed by atoms with Crippen molar-refractivity contribution in [2.45, 2.75) is 32.4 Å². The quantitative estimate of drug-likeness (QED) is 0.311. The van der Waals surface area contributed by atoms with Crippen LogP contribution in [0.2, 0.25) is 5.02 Å². The molecule has 0 saturated carbocycles. The lowest BCUT2D eigenvalue weighted by Gasteiger charge is -2.32. The maximum atomic E-state index is 13.5. The number of methoxy groups -OCH3 is 1. The number of hydrogen-bond acceptors (Lipinski definition) is 3. The fraction of sp³-hybridized carbons (Fsp3) is 0.321. The van der Waals surface area contributed by atoms with Gasteiger partial charge in [-0.3, -0.25) is 4.90 Å². The molecule has 6 heteroatoms. The first-order chi connectivity index (χ1) is 16.6. The lowest BCUT2D eigenvalue weighted by Crippen LogP contribution is -2.34. The van der Waals surface area contributed by atoms with Gasteiger partial charge in [0.15, 0.2) is 0 Å².